The Balaban J connectivity index is 1.89. The van der Waals surface area contributed by atoms with Crippen molar-refractivity contribution >= 4 is 0 Å². The lowest BCUT2D eigenvalue weighted by molar-refractivity contribution is 0.0276. The number of morpholine rings is 1. The Labute approximate surface area is 112 Å². The minimum Gasteiger partial charge on any atom is -0.379 e. The fourth-order valence-corrected chi connectivity index (χ4v) is 3.57. The van der Waals surface area contributed by atoms with Gasteiger partial charge in [-0.15, -0.1) is 0 Å². The first-order chi connectivity index (χ1) is 8.63. The molecule has 0 aromatic heterocycles. The minimum absolute atomic E-state index is 0.464. The number of hydrogen-bond acceptors (Lipinski definition) is 3. The zero-order valence-electron chi connectivity index (χ0n) is 12.4. The maximum atomic E-state index is 5.44. The second kappa shape index (κ2) is 6.36. The second-order valence-corrected chi connectivity index (χ2v) is 6.63. The molecule has 0 aromatic carbocycles. The van der Waals surface area contributed by atoms with Gasteiger partial charge in [-0.3, -0.25) is 4.90 Å². The molecule has 0 bridgehead atoms. The highest BCUT2D eigenvalue weighted by atomic mass is 16.5. The molecule has 3 heteroatoms. The van der Waals surface area contributed by atoms with Crippen molar-refractivity contribution in [3.63, 3.8) is 0 Å². The van der Waals surface area contributed by atoms with Crippen LogP contribution in [-0.2, 0) is 4.74 Å². The molecule has 1 saturated heterocycles. The van der Waals surface area contributed by atoms with E-state index in [2.05, 4.69) is 31.0 Å². The molecule has 2 rings (SSSR count). The summed E-state index contributed by atoms with van der Waals surface area (Å²) in [6.07, 6.45) is 3.98. The molecule has 1 aliphatic carbocycles. The van der Waals surface area contributed by atoms with Gasteiger partial charge < -0.3 is 10.1 Å². The van der Waals surface area contributed by atoms with Gasteiger partial charge in [-0.1, -0.05) is 20.8 Å². The van der Waals surface area contributed by atoms with Crippen molar-refractivity contribution in [2.45, 2.75) is 46.1 Å². The van der Waals surface area contributed by atoms with Crippen LogP contribution >= 0.6 is 0 Å². The Morgan fingerprint density at radius 2 is 2.00 bits per heavy atom. The van der Waals surface area contributed by atoms with Crippen molar-refractivity contribution in [3.8, 4) is 0 Å². The van der Waals surface area contributed by atoms with Crippen LogP contribution in [0, 0.1) is 11.3 Å². The van der Waals surface area contributed by atoms with Crippen LogP contribution in [0.2, 0.25) is 0 Å². The highest BCUT2D eigenvalue weighted by Crippen LogP contribution is 2.41. The van der Waals surface area contributed by atoms with Crippen LogP contribution in [0.15, 0.2) is 0 Å². The average Bonchev–Trinajstić information content (AvgIpc) is 2.64. The van der Waals surface area contributed by atoms with Crippen molar-refractivity contribution < 1.29 is 4.74 Å². The number of rotatable bonds is 5. The van der Waals surface area contributed by atoms with Crippen LogP contribution in [0.1, 0.15) is 40.0 Å². The van der Waals surface area contributed by atoms with Crippen molar-refractivity contribution in [2.75, 3.05) is 39.4 Å². The summed E-state index contributed by atoms with van der Waals surface area (Å²) in [5.41, 5.74) is 0.464. The summed E-state index contributed by atoms with van der Waals surface area (Å²) in [4.78, 5) is 2.59. The largest absolute Gasteiger partial charge is 0.379 e. The van der Waals surface area contributed by atoms with Gasteiger partial charge in [-0.25, -0.2) is 0 Å². The summed E-state index contributed by atoms with van der Waals surface area (Å²) in [5, 5.41) is 3.80. The summed E-state index contributed by atoms with van der Waals surface area (Å²) in [7, 11) is 0. The number of nitrogens with zero attached hydrogens (tertiary/aromatic N) is 1. The van der Waals surface area contributed by atoms with Crippen molar-refractivity contribution in [3.05, 3.63) is 0 Å². The van der Waals surface area contributed by atoms with E-state index in [-0.39, 0.29) is 0 Å². The molecule has 18 heavy (non-hydrogen) atoms. The van der Waals surface area contributed by atoms with E-state index in [1.165, 1.54) is 25.8 Å². The van der Waals surface area contributed by atoms with E-state index >= 15 is 0 Å². The Kier molecular flexibility index (Phi) is 5.05. The van der Waals surface area contributed by atoms with Gasteiger partial charge in [-0.2, -0.15) is 0 Å². The molecule has 0 radical (unpaired) electrons. The zero-order chi connectivity index (χ0) is 13.0. The third-order valence-electron chi connectivity index (χ3n) is 4.68. The summed E-state index contributed by atoms with van der Waals surface area (Å²) in [5.74, 6) is 0.824. The minimum atomic E-state index is 0.464. The van der Waals surface area contributed by atoms with Crippen LogP contribution < -0.4 is 5.32 Å². The van der Waals surface area contributed by atoms with Crippen LogP contribution in [0.25, 0.3) is 0 Å². The first-order valence-corrected chi connectivity index (χ1v) is 7.67. The molecule has 2 atom stereocenters. The molecule has 0 amide bonds. The van der Waals surface area contributed by atoms with E-state index in [1.807, 2.05) is 0 Å². The van der Waals surface area contributed by atoms with Crippen LogP contribution in [-0.4, -0.2) is 50.3 Å². The van der Waals surface area contributed by atoms with Gasteiger partial charge in [0.1, 0.15) is 0 Å². The molecule has 3 nitrogen and oxygen atoms in total. The first kappa shape index (κ1) is 14.3. The Morgan fingerprint density at radius 3 is 2.67 bits per heavy atom. The lowest BCUT2D eigenvalue weighted by Gasteiger charge is -2.35. The third kappa shape index (κ3) is 3.46. The van der Waals surface area contributed by atoms with E-state index < -0.39 is 0 Å². The standard InChI is InChI=1S/C15H30N2O/c1-4-7-16-14-13(5-6-15(14,2)3)12-17-8-10-18-11-9-17/h13-14,16H,4-12H2,1-3H3. The Bertz CT molecular complexity index is 249. The summed E-state index contributed by atoms with van der Waals surface area (Å²) in [6.45, 7) is 13.6. The molecule has 106 valence electrons. The van der Waals surface area contributed by atoms with Crippen molar-refractivity contribution in [1.29, 1.82) is 0 Å². The van der Waals surface area contributed by atoms with E-state index in [0.29, 0.717) is 11.5 Å². The normalized spacial score (nSPS) is 32.8. The Morgan fingerprint density at radius 1 is 1.28 bits per heavy atom. The van der Waals surface area contributed by atoms with Gasteiger partial charge in [0.05, 0.1) is 13.2 Å². The highest BCUT2D eigenvalue weighted by Gasteiger charge is 2.41. The summed E-state index contributed by atoms with van der Waals surface area (Å²) >= 11 is 0. The topological polar surface area (TPSA) is 24.5 Å². The number of nitrogens with one attached hydrogen (secondary N) is 1. The van der Waals surface area contributed by atoms with E-state index in [9.17, 15) is 0 Å². The van der Waals surface area contributed by atoms with E-state index in [1.54, 1.807) is 0 Å². The SMILES string of the molecule is CCCNC1C(CN2CCOCC2)CCC1(C)C. The second-order valence-electron chi connectivity index (χ2n) is 6.63. The summed E-state index contributed by atoms with van der Waals surface area (Å²) < 4.78 is 5.44. The maximum absolute atomic E-state index is 5.44. The molecule has 1 saturated carbocycles. The van der Waals surface area contributed by atoms with Gasteiger partial charge in [0.15, 0.2) is 0 Å². The maximum Gasteiger partial charge on any atom is 0.0594 e. The average molecular weight is 254 g/mol. The smallest absolute Gasteiger partial charge is 0.0594 e. The quantitative estimate of drug-likeness (QED) is 0.813. The molecular weight excluding hydrogens is 224 g/mol. The Hall–Kier alpha value is -0.120. The van der Waals surface area contributed by atoms with Gasteiger partial charge in [0.2, 0.25) is 0 Å². The fourth-order valence-electron chi connectivity index (χ4n) is 3.57. The zero-order valence-corrected chi connectivity index (χ0v) is 12.4. The number of ether oxygens (including phenoxy) is 1. The molecule has 1 N–H and O–H groups in total. The third-order valence-corrected chi connectivity index (χ3v) is 4.68. The molecule has 1 aliphatic heterocycles. The molecular formula is C15H30N2O. The lowest BCUT2D eigenvalue weighted by Crippen LogP contribution is -2.47. The van der Waals surface area contributed by atoms with Gasteiger partial charge in [0, 0.05) is 25.7 Å². The molecule has 0 aromatic rings. The highest BCUT2D eigenvalue weighted by molar-refractivity contribution is 4.97. The van der Waals surface area contributed by atoms with Gasteiger partial charge in [0.25, 0.3) is 0 Å². The molecule has 2 unspecified atom stereocenters. The first-order valence-electron chi connectivity index (χ1n) is 7.67. The predicted octanol–water partition coefficient (Wildman–Crippen LogP) is 2.12. The van der Waals surface area contributed by atoms with Crippen LogP contribution in [0.4, 0.5) is 0 Å². The van der Waals surface area contributed by atoms with Crippen molar-refractivity contribution in [2.24, 2.45) is 11.3 Å². The van der Waals surface area contributed by atoms with Crippen molar-refractivity contribution in [1.82, 2.24) is 10.2 Å². The van der Waals surface area contributed by atoms with Gasteiger partial charge >= 0.3 is 0 Å². The van der Waals surface area contributed by atoms with Crippen LogP contribution in [0.5, 0.6) is 0 Å². The van der Waals surface area contributed by atoms with E-state index in [0.717, 1.165) is 38.8 Å². The monoisotopic (exact) mass is 254 g/mol. The summed E-state index contributed by atoms with van der Waals surface area (Å²) in [6, 6.07) is 0.695. The molecule has 1 heterocycles. The predicted molar refractivity (Wildman–Crippen MR) is 75.8 cm³/mol. The van der Waals surface area contributed by atoms with Gasteiger partial charge in [-0.05, 0) is 37.1 Å². The molecule has 2 aliphatic rings. The molecule has 2 fully saturated rings. The van der Waals surface area contributed by atoms with E-state index in [4.69, 9.17) is 4.74 Å². The fraction of sp³-hybridized carbons (Fsp3) is 1.00. The lowest BCUT2D eigenvalue weighted by atomic mass is 9.84. The molecule has 0 spiro atoms. The van der Waals surface area contributed by atoms with Crippen LogP contribution in [0.3, 0.4) is 0 Å². The number of hydrogen-bond donors (Lipinski definition) is 1.